The number of hydrogen-bond acceptors (Lipinski definition) is 2. The Labute approximate surface area is 104 Å². The molecule has 1 aliphatic heterocycles. The van der Waals surface area contributed by atoms with E-state index >= 15 is 0 Å². The van der Waals surface area contributed by atoms with Gasteiger partial charge in [0, 0.05) is 25.3 Å². The van der Waals surface area contributed by atoms with Crippen LogP contribution in [0.5, 0.6) is 0 Å². The van der Waals surface area contributed by atoms with Crippen molar-refractivity contribution in [1.82, 2.24) is 5.32 Å². The van der Waals surface area contributed by atoms with Crippen LogP contribution in [0.4, 0.5) is 0 Å². The Morgan fingerprint density at radius 1 is 1.29 bits per heavy atom. The molecule has 1 heterocycles. The van der Waals surface area contributed by atoms with E-state index in [9.17, 15) is 0 Å². The highest BCUT2D eigenvalue weighted by molar-refractivity contribution is 5.64. The van der Waals surface area contributed by atoms with Gasteiger partial charge >= 0.3 is 0 Å². The van der Waals surface area contributed by atoms with Gasteiger partial charge < -0.3 is 10.1 Å². The van der Waals surface area contributed by atoms with Crippen molar-refractivity contribution < 1.29 is 4.74 Å². The Kier molecular flexibility index (Phi) is 3.97. The lowest BCUT2D eigenvalue weighted by Gasteiger charge is -2.35. The van der Waals surface area contributed by atoms with E-state index in [-0.39, 0.29) is 5.54 Å². The van der Waals surface area contributed by atoms with E-state index in [1.54, 1.807) is 0 Å². The predicted molar refractivity (Wildman–Crippen MR) is 71.9 cm³/mol. The second-order valence-corrected chi connectivity index (χ2v) is 5.00. The molecule has 1 N–H and O–H groups in total. The van der Waals surface area contributed by atoms with Gasteiger partial charge in [0.15, 0.2) is 0 Å². The molecule has 92 valence electrons. The minimum absolute atomic E-state index is 0.204. The van der Waals surface area contributed by atoms with Crippen LogP contribution in [0.3, 0.4) is 0 Å². The molecule has 1 aromatic rings. The van der Waals surface area contributed by atoms with Gasteiger partial charge in [0.2, 0.25) is 0 Å². The van der Waals surface area contributed by atoms with Crippen LogP contribution < -0.4 is 5.32 Å². The summed E-state index contributed by atoms with van der Waals surface area (Å²) in [5, 5.41) is 3.62. The van der Waals surface area contributed by atoms with Crippen molar-refractivity contribution in [1.29, 1.82) is 0 Å². The lowest BCUT2D eigenvalue weighted by atomic mass is 9.92. The maximum Gasteiger partial charge on any atom is 0.0483 e. The molecule has 0 bridgehead atoms. The largest absolute Gasteiger partial charge is 0.381 e. The summed E-state index contributed by atoms with van der Waals surface area (Å²) in [4.78, 5) is 0. The maximum absolute atomic E-state index is 5.39. The summed E-state index contributed by atoms with van der Waals surface area (Å²) in [6.45, 7) is 8.99. The molecule has 0 spiro atoms. The van der Waals surface area contributed by atoms with Crippen molar-refractivity contribution in [2.24, 2.45) is 0 Å². The highest BCUT2D eigenvalue weighted by atomic mass is 16.5. The number of benzene rings is 1. The van der Waals surface area contributed by atoms with Crippen molar-refractivity contribution in [3.63, 3.8) is 0 Å². The summed E-state index contributed by atoms with van der Waals surface area (Å²) in [6, 6.07) is 10.4. The van der Waals surface area contributed by atoms with Crippen LogP contribution in [-0.4, -0.2) is 25.3 Å². The second-order valence-electron chi connectivity index (χ2n) is 5.00. The van der Waals surface area contributed by atoms with Crippen molar-refractivity contribution in [3.05, 3.63) is 42.5 Å². The molecule has 1 aliphatic rings. The van der Waals surface area contributed by atoms with Gasteiger partial charge in [0.1, 0.15) is 0 Å². The molecule has 1 aromatic carbocycles. The summed E-state index contributed by atoms with van der Waals surface area (Å²) in [5.41, 5.74) is 2.57. The van der Waals surface area contributed by atoms with Crippen LogP contribution in [0, 0.1) is 0 Å². The molecule has 1 saturated heterocycles. The van der Waals surface area contributed by atoms with Crippen molar-refractivity contribution in [3.8, 4) is 0 Å². The first-order valence-electron chi connectivity index (χ1n) is 6.26. The predicted octanol–water partition coefficient (Wildman–Crippen LogP) is 2.86. The van der Waals surface area contributed by atoms with Gasteiger partial charge in [-0.25, -0.2) is 0 Å². The molecule has 0 aromatic heterocycles. The molecule has 0 radical (unpaired) electrons. The fourth-order valence-corrected chi connectivity index (χ4v) is 2.09. The average molecular weight is 231 g/mol. The maximum atomic E-state index is 5.39. The Hall–Kier alpha value is -1.12. The standard InChI is InChI=1S/C15H21NO/c1-13(14-6-4-3-5-7-14)12-16-15(2)8-10-17-11-9-15/h3-7,16H,1,8-12H2,2H3. The third-order valence-corrected chi connectivity index (χ3v) is 3.51. The lowest BCUT2D eigenvalue weighted by molar-refractivity contribution is 0.0469. The first-order valence-corrected chi connectivity index (χ1v) is 6.26. The average Bonchev–Trinajstić information content (AvgIpc) is 2.38. The molecule has 0 atom stereocenters. The van der Waals surface area contributed by atoms with E-state index in [4.69, 9.17) is 4.74 Å². The summed E-state index contributed by atoms with van der Waals surface area (Å²) < 4.78 is 5.39. The van der Waals surface area contributed by atoms with Gasteiger partial charge in [0.25, 0.3) is 0 Å². The molecular formula is C15H21NO. The van der Waals surface area contributed by atoms with Crippen LogP contribution in [0.1, 0.15) is 25.3 Å². The summed E-state index contributed by atoms with van der Waals surface area (Å²) >= 11 is 0. The van der Waals surface area contributed by atoms with Crippen LogP contribution >= 0.6 is 0 Å². The zero-order chi connectivity index (χ0) is 12.1. The summed E-state index contributed by atoms with van der Waals surface area (Å²) in [6.07, 6.45) is 2.16. The molecule has 1 fully saturated rings. The molecular weight excluding hydrogens is 210 g/mol. The van der Waals surface area contributed by atoms with Crippen LogP contribution in [0.15, 0.2) is 36.9 Å². The topological polar surface area (TPSA) is 21.3 Å². The monoisotopic (exact) mass is 231 g/mol. The van der Waals surface area contributed by atoms with Crippen LogP contribution in [-0.2, 0) is 4.74 Å². The molecule has 17 heavy (non-hydrogen) atoms. The molecule has 2 heteroatoms. The zero-order valence-corrected chi connectivity index (χ0v) is 10.5. The Morgan fingerprint density at radius 3 is 2.59 bits per heavy atom. The lowest BCUT2D eigenvalue weighted by Crippen LogP contribution is -2.47. The molecule has 0 unspecified atom stereocenters. The van der Waals surface area contributed by atoms with E-state index in [1.807, 2.05) is 6.07 Å². The number of rotatable bonds is 4. The van der Waals surface area contributed by atoms with Crippen molar-refractivity contribution in [2.45, 2.75) is 25.3 Å². The normalized spacial score (nSPS) is 18.9. The number of nitrogens with one attached hydrogen (secondary N) is 1. The highest BCUT2D eigenvalue weighted by Crippen LogP contribution is 2.21. The smallest absolute Gasteiger partial charge is 0.0483 e. The summed E-state index contributed by atoms with van der Waals surface area (Å²) in [5.74, 6) is 0. The third kappa shape index (κ3) is 3.42. The van der Waals surface area contributed by atoms with Crippen LogP contribution in [0.25, 0.3) is 5.57 Å². The van der Waals surface area contributed by atoms with Gasteiger partial charge in [-0.15, -0.1) is 0 Å². The second kappa shape index (κ2) is 5.48. The van der Waals surface area contributed by atoms with Gasteiger partial charge in [-0.1, -0.05) is 36.9 Å². The van der Waals surface area contributed by atoms with Crippen molar-refractivity contribution >= 4 is 5.57 Å². The van der Waals surface area contributed by atoms with E-state index in [0.717, 1.165) is 38.2 Å². The fraction of sp³-hybridized carbons (Fsp3) is 0.467. The quantitative estimate of drug-likeness (QED) is 0.860. The first-order chi connectivity index (χ1) is 8.20. The first kappa shape index (κ1) is 12.3. The van der Waals surface area contributed by atoms with Gasteiger partial charge in [-0.05, 0) is 30.9 Å². The van der Waals surface area contributed by atoms with Crippen LogP contribution in [0.2, 0.25) is 0 Å². The van der Waals surface area contributed by atoms with E-state index < -0.39 is 0 Å². The fourth-order valence-electron chi connectivity index (χ4n) is 2.09. The zero-order valence-electron chi connectivity index (χ0n) is 10.5. The Balaban J connectivity index is 1.87. The molecule has 2 rings (SSSR count). The molecule has 0 amide bonds. The van der Waals surface area contributed by atoms with Crippen molar-refractivity contribution in [2.75, 3.05) is 19.8 Å². The van der Waals surface area contributed by atoms with E-state index in [2.05, 4.69) is 43.1 Å². The molecule has 0 aliphatic carbocycles. The Morgan fingerprint density at radius 2 is 1.94 bits per heavy atom. The SMILES string of the molecule is C=C(CNC1(C)CCOCC1)c1ccccc1. The van der Waals surface area contributed by atoms with Gasteiger partial charge in [-0.2, -0.15) is 0 Å². The highest BCUT2D eigenvalue weighted by Gasteiger charge is 2.26. The number of hydrogen-bond donors (Lipinski definition) is 1. The third-order valence-electron chi connectivity index (χ3n) is 3.51. The number of ether oxygens (including phenoxy) is 1. The van der Waals surface area contributed by atoms with E-state index in [0.29, 0.717) is 0 Å². The van der Waals surface area contributed by atoms with E-state index in [1.165, 1.54) is 5.56 Å². The molecule has 2 nitrogen and oxygen atoms in total. The van der Waals surface area contributed by atoms with Gasteiger partial charge in [0.05, 0.1) is 0 Å². The molecule has 0 saturated carbocycles. The van der Waals surface area contributed by atoms with Gasteiger partial charge in [-0.3, -0.25) is 0 Å². The minimum Gasteiger partial charge on any atom is -0.381 e. The summed E-state index contributed by atoms with van der Waals surface area (Å²) in [7, 11) is 0. The minimum atomic E-state index is 0.204. The Bertz CT molecular complexity index is 366.